The Labute approximate surface area is 161 Å². The van der Waals surface area contributed by atoms with Gasteiger partial charge in [0.25, 0.3) is 5.91 Å². The maximum absolute atomic E-state index is 12.8. The summed E-state index contributed by atoms with van der Waals surface area (Å²) in [5, 5.41) is 4.95. The van der Waals surface area contributed by atoms with Gasteiger partial charge in [-0.15, -0.1) is 11.8 Å². The Hall–Kier alpha value is -1.59. The topological polar surface area (TPSA) is 45.2 Å². The minimum atomic E-state index is 0.000452. The standard InChI is InChI=1S/C21H31N3OS/c1-4-7-15-26-20-16-18(17-11-8-9-12-19(17)23-20)21(25)22-13-10-14-24(5-2)6-3/h8-9,11-12,16H,4-7,10,13-15H2,1-3H3,(H,22,25). The zero-order valence-corrected chi connectivity index (χ0v) is 17.1. The highest BCUT2D eigenvalue weighted by molar-refractivity contribution is 7.99. The Morgan fingerprint density at radius 1 is 1.15 bits per heavy atom. The SMILES string of the molecule is CCCCSc1cc(C(=O)NCCCN(CC)CC)c2ccccc2n1. The number of hydrogen-bond donors (Lipinski definition) is 1. The summed E-state index contributed by atoms with van der Waals surface area (Å²) >= 11 is 1.73. The Balaban J connectivity index is 2.06. The molecule has 0 fully saturated rings. The van der Waals surface area contributed by atoms with Gasteiger partial charge >= 0.3 is 0 Å². The minimum Gasteiger partial charge on any atom is -0.352 e. The minimum absolute atomic E-state index is 0.000452. The van der Waals surface area contributed by atoms with Gasteiger partial charge in [-0.25, -0.2) is 4.98 Å². The van der Waals surface area contributed by atoms with E-state index in [9.17, 15) is 4.79 Å². The molecule has 4 nitrogen and oxygen atoms in total. The van der Waals surface area contributed by atoms with Crippen molar-refractivity contribution >= 4 is 28.6 Å². The van der Waals surface area contributed by atoms with E-state index in [1.165, 1.54) is 6.42 Å². The van der Waals surface area contributed by atoms with Crippen molar-refractivity contribution in [2.45, 2.75) is 45.1 Å². The predicted octanol–water partition coefficient (Wildman–Crippen LogP) is 4.59. The van der Waals surface area contributed by atoms with Crippen LogP contribution < -0.4 is 5.32 Å². The number of fused-ring (bicyclic) bond motifs is 1. The number of amides is 1. The second-order valence-corrected chi connectivity index (χ2v) is 7.48. The first-order valence-corrected chi connectivity index (χ1v) is 10.7. The molecule has 5 heteroatoms. The highest BCUT2D eigenvalue weighted by Gasteiger charge is 2.13. The Morgan fingerprint density at radius 2 is 1.92 bits per heavy atom. The van der Waals surface area contributed by atoms with Crippen LogP contribution in [0, 0.1) is 0 Å². The molecule has 0 bridgehead atoms. The van der Waals surface area contributed by atoms with Gasteiger partial charge in [0.2, 0.25) is 0 Å². The van der Waals surface area contributed by atoms with Crippen LogP contribution in [0.25, 0.3) is 10.9 Å². The van der Waals surface area contributed by atoms with Crippen LogP contribution in [0.5, 0.6) is 0 Å². The summed E-state index contributed by atoms with van der Waals surface area (Å²) in [6.45, 7) is 10.3. The van der Waals surface area contributed by atoms with E-state index in [-0.39, 0.29) is 5.91 Å². The molecule has 142 valence electrons. The first-order chi connectivity index (χ1) is 12.7. The summed E-state index contributed by atoms with van der Waals surface area (Å²) < 4.78 is 0. The summed E-state index contributed by atoms with van der Waals surface area (Å²) in [4.78, 5) is 19.8. The lowest BCUT2D eigenvalue weighted by Gasteiger charge is -2.17. The zero-order chi connectivity index (χ0) is 18.8. The highest BCUT2D eigenvalue weighted by Crippen LogP contribution is 2.24. The molecule has 2 rings (SSSR count). The summed E-state index contributed by atoms with van der Waals surface area (Å²) in [5.74, 6) is 1.03. The lowest BCUT2D eigenvalue weighted by molar-refractivity contribution is 0.0953. The smallest absolute Gasteiger partial charge is 0.252 e. The summed E-state index contributed by atoms with van der Waals surface area (Å²) in [6, 6.07) is 9.85. The maximum atomic E-state index is 12.8. The molecule has 1 aromatic carbocycles. The predicted molar refractivity (Wildman–Crippen MR) is 112 cm³/mol. The number of hydrogen-bond acceptors (Lipinski definition) is 4. The van der Waals surface area contributed by atoms with Crippen molar-refractivity contribution < 1.29 is 4.79 Å². The zero-order valence-electron chi connectivity index (χ0n) is 16.3. The van der Waals surface area contributed by atoms with Crippen molar-refractivity contribution in [1.29, 1.82) is 0 Å². The third kappa shape index (κ3) is 5.99. The van der Waals surface area contributed by atoms with Gasteiger partial charge in [-0.2, -0.15) is 0 Å². The van der Waals surface area contributed by atoms with E-state index in [0.717, 1.165) is 59.7 Å². The molecule has 2 aromatic rings. The highest BCUT2D eigenvalue weighted by atomic mass is 32.2. The molecule has 1 aromatic heterocycles. The van der Waals surface area contributed by atoms with Crippen LogP contribution in [0.3, 0.4) is 0 Å². The molecule has 1 N–H and O–H groups in total. The van der Waals surface area contributed by atoms with Crippen molar-refractivity contribution in [3.63, 3.8) is 0 Å². The largest absolute Gasteiger partial charge is 0.352 e. The van der Waals surface area contributed by atoms with E-state index in [1.54, 1.807) is 11.8 Å². The average molecular weight is 374 g/mol. The number of nitrogens with zero attached hydrogens (tertiary/aromatic N) is 2. The molecule has 0 aliphatic rings. The van der Waals surface area contributed by atoms with Crippen molar-refractivity contribution in [1.82, 2.24) is 15.2 Å². The second kappa shape index (κ2) is 11.2. The fourth-order valence-corrected chi connectivity index (χ4v) is 3.88. The van der Waals surface area contributed by atoms with E-state index in [4.69, 9.17) is 4.98 Å². The third-order valence-electron chi connectivity index (χ3n) is 4.52. The second-order valence-electron chi connectivity index (χ2n) is 6.36. The number of benzene rings is 1. The molecule has 0 radical (unpaired) electrons. The van der Waals surface area contributed by atoms with E-state index in [0.29, 0.717) is 6.54 Å². The molecular formula is C21H31N3OS. The molecule has 1 heterocycles. The van der Waals surface area contributed by atoms with Gasteiger partial charge in [-0.3, -0.25) is 4.79 Å². The van der Waals surface area contributed by atoms with Crippen molar-refractivity contribution in [2.24, 2.45) is 0 Å². The normalized spacial score (nSPS) is 11.2. The van der Waals surface area contributed by atoms with Crippen LogP contribution in [-0.4, -0.2) is 47.7 Å². The van der Waals surface area contributed by atoms with E-state index in [2.05, 4.69) is 31.0 Å². The van der Waals surface area contributed by atoms with Crippen LogP contribution >= 0.6 is 11.8 Å². The van der Waals surface area contributed by atoms with Gasteiger partial charge in [-0.1, -0.05) is 45.4 Å². The van der Waals surface area contributed by atoms with Crippen molar-refractivity contribution in [3.05, 3.63) is 35.9 Å². The number of thioether (sulfide) groups is 1. The molecule has 26 heavy (non-hydrogen) atoms. The molecule has 1 amide bonds. The first-order valence-electron chi connectivity index (χ1n) is 9.72. The van der Waals surface area contributed by atoms with Crippen LogP contribution in [-0.2, 0) is 0 Å². The molecular weight excluding hydrogens is 342 g/mol. The monoisotopic (exact) mass is 373 g/mol. The number of aromatic nitrogens is 1. The molecule has 0 aliphatic carbocycles. The van der Waals surface area contributed by atoms with Crippen LogP contribution in [0.2, 0.25) is 0 Å². The number of carbonyl (C=O) groups is 1. The number of nitrogens with one attached hydrogen (secondary N) is 1. The van der Waals surface area contributed by atoms with Crippen LogP contribution in [0.1, 0.15) is 50.4 Å². The summed E-state index contributed by atoms with van der Waals surface area (Å²) in [7, 11) is 0. The Bertz CT molecular complexity index is 701. The third-order valence-corrected chi connectivity index (χ3v) is 5.51. The summed E-state index contributed by atoms with van der Waals surface area (Å²) in [5.41, 5.74) is 1.62. The van der Waals surface area contributed by atoms with Crippen LogP contribution in [0.4, 0.5) is 0 Å². The van der Waals surface area contributed by atoms with E-state index >= 15 is 0 Å². The number of pyridine rings is 1. The Morgan fingerprint density at radius 3 is 2.65 bits per heavy atom. The number of unbranched alkanes of at least 4 members (excludes halogenated alkanes) is 1. The van der Waals surface area contributed by atoms with Crippen molar-refractivity contribution in [3.8, 4) is 0 Å². The number of carbonyl (C=O) groups excluding carboxylic acids is 1. The molecule has 0 saturated heterocycles. The molecule has 0 spiro atoms. The molecule has 0 unspecified atom stereocenters. The van der Waals surface area contributed by atoms with E-state index in [1.807, 2.05) is 30.3 Å². The van der Waals surface area contributed by atoms with Gasteiger partial charge < -0.3 is 10.2 Å². The van der Waals surface area contributed by atoms with Gasteiger partial charge in [0.05, 0.1) is 16.1 Å². The number of rotatable bonds is 11. The van der Waals surface area contributed by atoms with Gasteiger partial charge in [0, 0.05) is 11.9 Å². The van der Waals surface area contributed by atoms with Crippen LogP contribution in [0.15, 0.2) is 35.4 Å². The fourth-order valence-electron chi connectivity index (χ4n) is 2.87. The van der Waals surface area contributed by atoms with Gasteiger partial charge in [-0.05, 0) is 50.4 Å². The lowest BCUT2D eigenvalue weighted by Crippen LogP contribution is -2.30. The van der Waals surface area contributed by atoms with Gasteiger partial charge in [0.15, 0.2) is 0 Å². The molecule has 0 aliphatic heterocycles. The van der Waals surface area contributed by atoms with Gasteiger partial charge in [0.1, 0.15) is 0 Å². The summed E-state index contributed by atoms with van der Waals surface area (Å²) in [6.07, 6.45) is 3.29. The molecule has 0 saturated carbocycles. The fraction of sp³-hybridized carbons (Fsp3) is 0.524. The quantitative estimate of drug-likeness (QED) is 0.462. The first kappa shape index (κ1) is 20.7. The molecule has 0 atom stereocenters. The number of para-hydroxylation sites is 1. The maximum Gasteiger partial charge on any atom is 0.252 e. The van der Waals surface area contributed by atoms with Crippen molar-refractivity contribution in [2.75, 3.05) is 31.9 Å². The Kier molecular flexibility index (Phi) is 8.92. The average Bonchev–Trinajstić information content (AvgIpc) is 2.67. The lowest BCUT2D eigenvalue weighted by atomic mass is 10.1. The van der Waals surface area contributed by atoms with E-state index < -0.39 is 0 Å².